The van der Waals surface area contributed by atoms with Crippen molar-refractivity contribution in [3.63, 3.8) is 0 Å². The molecule has 0 N–H and O–H groups in total. The van der Waals surface area contributed by atoms with Gasteiger partial charge in [-0.3, -0.25) is 4.79 Å². The highest BCUT2D eigenvalue weighted by atomic mass is 32.2. The van der Waals surface area contributed by atoms with E-state index in [9.17, 15) is 4.79 Å². The molecule has 0 aliphatic carbocycles. The fourth-order valence-corrected chi connectivity index (χ4v) is 1.00. The van der Waals surface area contributed by atoms with Gasteiger partial charge in [0.1, 0.15) is 0 Å². The molecule has 0 rings (SSSR count). The van der Waals surface area contributed by atoms with Crippen LogP contribution in [0.2, 0.25) is 0 Å². The number of hydrogen-bond donors (Lipinski definition) is 0. The Morgan fingerprint density at radius 3 is 2.18 bits per heavy atom. The lowest BCUT2D eigenvalue weighted by Crippen LogP contribution is -2.30. The molecule has 0 aliphatic rings. The molecule has 0 aromatic heterocycles. The molecule has 0 saturated heterocycles. The first-order valence-electron chi connectivity index (χ1n) is 3.51. The van der Waals surface area contributed by atoms with Crippen LogP contribution in [0.5, 0.6) is 0 Å². The number of likely N-dealkylation sites (N-methyl/N-ethyl adjacent to an activating group) is 2. The topological polar surface area (TPSA) is 23.6 Å². The van der Waals surface area contributed by atoms with E-state index in [0.29, 0.717) is 0 Å². The van der Waals surface area contributed by atoms with E-state index < -0.39 is 0 Å². The van der Waals surface area contributed by atoms with Crippen molar-refractivity contribution in [1.29, 1.82) is 0 Å². The van der Waals surface area contributed by atoms with Crippen LogP contribution in [0.4, 0.5) is 4.79 Å². The van der Waals surface area contributed by atoms with Crippen LogP contribution in [-0.2, 0) is 0 Å². The molecule has 0 fully saturated rings. The van der Waals surface area contributed by atoms with Crippen molar-refractivity contribution in [3.05, 3.63) is 0 Å². The predicted octanol–water partition coefficient (Wildman–Crippen LogP) is 0.963. The lowest BCUT2D eigenvalue weighted by atomic mass is 10.5. The normalized spacial score (nSPS) is 10.3. The van der Waals surface area contributed by atoms with Gasteiger partial charge in [-0.15, -0.1) is 0 Å². The second-order valence-corrected chi connectivity index (χ2v) is 3.45. The minimum absolute atomic E-state index is 0.131. The van der Waals surface area contributed by atoms with Gasteiger partial charge < -0.3 is 9.80 Å². The molecular weight excluding hydrogens is 160 g/mol. The second-order valence-electron chi connectivity index (χ2n) is 2.69. The Morgan fingerprint density at radius 2 is 1.82 bits per heavy atom. The Balaban J connectivity index is 3.52. The molecular formula is C7H16N2OS. The summed E-state index contributed by atoms with van der Waals surface area (Å²) in [5.41, 5.74) is 0. The van der Waals surface area contributed by atoms with Crippen LogP contribution in [0.1, 0.15) is 0 Å². The summed E-state index contributed by atoms with van der Waals surface area (Å²) in [6.45, 7) is 1.72. The van der Waals surface area contributed by atoms with Crippen molar-refractivity contribution in [3.8, 4) is 0 Å². The maximum Gasteiger partial charge on any atom is 0.281 e. The fraction of sp³-hybridized carbons (Fsp3) is 0.857. The molecule has 1 amide bonds. The summed E-state index contributed by atoms with van der Waals surface area (Å²) < 4.78 is 0. The van der Waals surface area contributed by atoms with E-state index in [2.05, 4.69) is 4.90 Å². The van der Waals surface area contributed by atoms with E-state index in [0.717, 1.165) is 13.1 Å². The molecule has 0 spiro atoms. The monoisotopic (exact) mass is 176 g/mol. The van der Waals surface area contributed by atoms with Gasteiger partial charge >= 0.3 is 0 Å². The Labute approximate surface area is 72.7 Å². The smallest absolute Gasteiger partial charge is 0.281 e. The zero-order valence-corrected chi connectivity index (χ0v) is 8.44. The zero-order chi connectivity index (χ0) is 8.85. The van der Waals surface area contributed by atoms with Crippen LogP contribution < -0.4 is 0 Å². The standard InChI is InChI=1S/C7H16N2OS/c1-8(2)5-6-9(3)7(10)11-4/h5-6H2,1-4H3. The number of nitrogens with zero attached hydrogens (tertiary/aromatic N) is 2. The van der Waals surface area contributed by atoms with Gasteiger partial charge in [-0.1, -0.05) is 11.8 Å². The predicted molar refractivity (Wildman–Crippen MR) is 50.1 cm³/mol. The minimum Gasteiger partial charge on any atom is -0.335 e. The Morgan fingerprint density at radius 1 is 1.27 bits per heavy atom. The van der Waals surface area contributed by atoms with E-state index in [-0.39, 0.29) is 5.24 Å². The first-order valence-corrected chi connectivity index (χ1v) is 4.74. The summed E-state index contributed by atoms with van der Waals surface area (Å²) in [6.07, 6.45) is 1.80. The summed E-state index contributed by atoms with van der Waals surface area (Å²) in [5, 5.41) is 0.131. The number of rotatable bonds is 3. The van der Waals surface area contributed by atoms with Crippen molar-refractivity contribution in [1.82, 2.24) is 9.80 Å². The van der Waals surface area contributed by atoms with E-state index >= 15 is 0 Å². The number of thioether (sulfide) groups is 1. The number of hydrogen-bond acceptors (Lipinski definition) is 3. The summed E-state index contributed by atoms with van der Waals surface area (Å²) in [7, 11) is 5.82. The van der Waals surface area contributed by atoms with Gasteiger partial charge in [0, 0.05) is 20.1 Å². The SMILES string of the molecule is CSC(=O)N(C)CCN(C)C. The molecule has 0 aromatic carbocycles. The Bertz CT molecular complexity index is 128. The Kier molecular flexibility index (Phi) is 5.32. The number of amides is 1. The molecule has 0 radical (unpaired) electrons. The zero-order valence-electron chi connectivity index (χ0n) is 7.63. The minimum atomic E-state index is 0.131. The van der Waals surface area contributed by atoms with Gasteiger partial charge in [0.2, 0.25) is 0 Å². The summed E-state index contributed by atoms with van der Waals surface area (Å²) in [4.78, 5) is 14.8. The molecule has 4 heteroatoms. The van der Waals surface area contributed by atoms with Crippen molar-refractivity contribution in [2.75, 3.05) is 40.5 Å². The first kappa shape index (κ1) is 10.8. The molecule has 0 unspecified atom stereocenters. The first-order chi connectivity index (χ1) is 5.07. The van der Waals surface area contributed by atoms with E-state index in [1.807, 2.05) is 21.1 Å². The van der Waals surface area contributed by atoms with Crippen molar-refractivity contribution in [2.24, 2.45) is 0 Å². The maximum absolute atomic E-state index is 11.0. The molecule has 0 aromatic rings. The lowest BCUT2D eigenvalue weighted by molar-refractivity contribution is 0.228. The van der Waals surface area contributed by atoms with Gasteiger partial charge in [-0.05, 0) is 20.4 Å². The van der Waals surface area contributed by atoms with Crippen molar-refractivity contribution >= 4 is 17.0 Å². The van der Waals surface area contributed by atoms with Crippen molar-refractivity contribution in [2.45, 2.75) is 0 Å². The van der Waals surface area contributed by atoms with Gasteiger partial charge in [-0.25, -0.2) is 0 Å². The number of carbonyl (C=O) groups is 1. The molecule has 0 bridgehead atoms. The summed E-state index contributed by atoms with van der Waals surface area (Å²) >= 11 is 1.25. The molecule has 66 valence electrons. The van der Waals surface area contributed by atoms with Crippen LogP contribution in [0.15, 0.2) is 0 Å². The highest BCUT2D eigenvalue weighted by molar-refractivity contribution is 8.12. The van der Waals surface area contributed by atoms with Crippen LogP contribution in [0.3, 0.4) is 0 Å². The fourth-order valence-electron chi connectivity index (χ4n) is 0.597. The Hall–Kier alpha value is -0.220. The van der Waals surface area contributed by atoms with Gasteiger partial charge in [0.05, 0.1) is 0 Å². The average molecular weight is 176 g/mol. The number of carbonyl (C=O) groups excluding carboxylic acids is 1. The van der Waals surface area contributed by atoms with E-state index in [1.165, 1.54) is 11.8 Å². The van der Waals surface area contributed by atoms with Crippen molar-refractivity contribution < 1.29 is 4.79 Å². The maximum atomic E-state index is 11.0. The third kappa shape index (κ3) is 5.09. The van der Waals surface area contributed by atoms with Gasteiger partial charge in [-0.2, -0.15) is 0 Å². The van der Waals surface area contributed by atoms with Crippen LogP contribution >= 0.6 is 11.8 Å². The summed E-state index contributed by atoms with van der Waals surface area (Å²) in [5.74, 6) is 0. The third-order valence-corrected chi connectivity index (χ3v) is 2.03. The van der Waals surface area contributed by atoms with Crippen LogP contribution in [0.25, 0.3) is 0 Å². The second kappa shape index (κ2) is 5.43. The van der Waals surface area contributed by atoms with E-state index in [4.69, 9.17) is 0 Å². The molecule has 0 aliphatic heterocycles. The van der Waals surface area contributed by atoms with Crippen LogP contribution in [0, 0.1) is 0 Å². The molecule has 0 heterocycles. The van der Waals surface area contributed by atoms with Crippen LogP contribution in [-0.4, -0.2) is 55.5 Å². The molecule has 3 nitrogen and oxygen atoms in total. The molecule has 0 saturated carbocycles. The molecule has 11 heavy (non-hydrogen) atoms. The van der Waals surface area contributed by atoms with E-state index in [1.54, 1.807) is 11.2 Å². The quantitative estimate of drug-likeness (QED) is 0.640. The molecule has 0 atom stereocenters. The largest absolute Gasteiger partial charge is 0.335 e. The van der Waals surface area contributed by atoms with Gasteiger partial charge in [0.25, 0.3) is 5.24 Å². The third-order valence-electron chi connectivity index (χ3n) is 1.37. The summed E-state index contributed by atoms with van der Waals surface area (Å²) in [6, 6.07) is 0. The highest BCUT2D eigenvalue weighted by Crippen LogP contribution is 2.00. The highest BCUT2D eigenvalue weighted by Gasteiger charge is 2.05. The lowest BCUT2D eigenvalue weighted by Gasteiger charge is -2.18. The average Bonchev–Trinajstić information content (AvgIpc) is 1.98. The van der Waals surface area contributed by atoms with Gasteiger partial charge in [0.15, 0.2) is 0 Å².